The molecule has 1 N–H and O–H groups in total. The molecule has 0 unspecified atom stereocenters. The van der Waals surface area contributed by atoms with Crippen molar-refractivity contribution in [2.24, 2.45) is 0 Å². The highest BCUT2D eigenvalue weighted by atomic mass is 16.5. The van der Waals surface area contributed by atoms with Crippen LogP contribution in [-0.2, 0) is 12.8 Å². The molecule has 3 aromatic rings. The Bertz CT molecular complexity index is 892. The first-order valence-corrected chi connectivity index (χ1v) is 8.09. The smallest absolute Gasteiger partial charge is 0.160 e. The molecular weight excluding hydrogens is 300 g/mol. The van der Waals surface area contributed by atoms with E-state index in [4.69, 9.17) is 14.7 Å². The van der Waals surface area contributed by atoms with Crippen LogP contribution in [0.4, 0.5) is 0 Å². The Labute approximate surface area is 140 Å². The monoisotopic (exact) mass is 318 g/mol. The van der Waals surface area contributed by atoms with E-state index in [9.17, 15) is 5.11 Å². The Morgan fingerprint density at radius 2 is 1.83 bits per heavy atom. The number of phenols is 1. The first kappa shape index (κ1) is 14.7. The molecule has 0 spiro atoms. The zero-order valence-corrected chi connectivity index (χ0v) is 13.5. The van der Waals surface area contributed by atoms with Crippen LogP contribution in [0.15, 0.2) is 48.5 Å². The number of fused-ring (bicyclic) bond motifs is 1. The summed E-state index contributed by atoms with van der Waals surface area (Å²) in [4.78, 5) is 9.55. The lowest BCUT2D eigenvalue weighted by atomic mass is 10.0. The van der Waals surface area contributed by atoms with E-state index >= 15 is 0 Å². The molecule has 0 radical (unpaired) electrons. The third-order valence-electron chi connectivity index (χ3n) is 4.42. The van der Waals surface area contributed by atoms with Crippen LogP contribution in [0.1, 0.15) is 17.7 Å². The van der Waals surface area contributed by atoms with Crippen molar-refractivity contribution in [3.8, 4) is 34.1 Å². The van der Waals surface area contributed by atoms with Crippen molar-refractivity contribution in [2.75, 3.05) is 7.11 Å². The number of hydrogen-bond donors (Lipinski definition) is 1. The Hall–Kier alpha value is -2.88. The average molecular weight is 318 g/mol. The van der Waals surface area contributed by atoms with Gasteiger partial charge in [0.2, 0.25) is 0 Å². The lowest BCUT2D eigenvalue weighted by Gasteiger charge is -2.13. The van der Waals surface area contributed by atoms with Gasteiger partial charge in [-0.3, -0.25) is 0 Å². The molecule has 24 heavy (non-hydrogen) atoms. The predicted molar refractivity (Wildman–Crippen MR) is 93.1 cm³/mol. The van der Waals surface area contributed by atoms with Gasteiger partial charge in [-0.1, -0.05) is 30.3 Å². The maximum Gasteiger partial charge on any atom is 0.160 e. The summed E-state index contributed by atoms with van der Waals surface area (Å²) < 4.78 is 5.31. The summed E-state index contributed by atoms with van der Waals surface area (Å²) in [5.41, 5.74) is 4.72. The highest BCUT2D eigenvalue weighted by Crippen LogP contribution is 2.38. The molecule has 1 aromatic heterocycles. The molecule has 0 saturated heterocycles. The molecule has 2 aromatic carbocycles. The number of ether oxygens (including phenoxy) is 1. The van der Waals surface area contributed by atoms with Crippen LogP contribution in [0.25, 0.3) is 22.6 Å². The van der Waals surface area contributed by atoms with E-state index in [1.165, 1.54) is 0 Å². The third-order valence-corrected chi connectivity index (χ3v) is 4.42. The minimum atomic E-state index is 0.211. The van der Waals surface area contributed by atoms with Gasteiger partial charge in [0.1, 0.15) is 11.5 Å². The molecule has 4 rings (SSSR count). The second-order valence-corrected chi connectivity index (χ2v) is 5.92. The van der Waals surface area contributed by atoms with E-state index in [0.29, 0.717) is 17.1 Å². The number of aromatic hydroxyl groups is 1. The lowest BCUT2D eigenvalue weighted by Crippen LogP contribution is -2.00. The van der Waals surface area contributed by atoms with Crippen molar-refractivity contribution >= 4 is 0 Å². The SMILES string of the molecule is COc1ccc(O)c(-c2nc(-c3ccccc3)nc3c2CCC3)c1. The van der Waals surface area contributed by atoms with Crippen molar-refractivity contribution in [1.82, 2.24) is 9.97 Å². The standard InChI is InChI=1S/C20H18N2O2/c1-24-14-10-11-18(23)16(12-14)19-15-8-5-9-17(15)21-20(22-19)13-6-3-2-4-7-13/h2-4,6-7,10-12,23H,5,8-9H2,1H3. The van der Waals surface area contributed by atoms with E-state index in [0.717, 1.165) is 41.8 Å². The number of rotatable bonds is 3. The number of phenolic OH excluding ortho intramolecular Hbond substituents is 1. The molecule has 1 heterocycles. The van der Waals surface area contributed by atoms with Crippen LogP contribution in [0.5, 0.6) is 11.5 Å². The average Bonchev–Trinajstić information content (AvgIpc) is 3.11. The molecule has 0 fully saturated rings. The topological polar surface area (TPSA) is 55.2 Å². The summed E-state index contributed by atoms with van der Waals surface area (Å²) in [5.74, 6) is 1.62. The fourth-order valence-electron chi connectivity index (χ4n) is 3.20. The second kappa shape index (κ2) is 5.96. The first-order chi connectivity index (χ1) is 11.8. The van der Waals surface area contributed by atoms with Crippen LogP contribution < -0.4 is 4.74 Å². The Morgan fingerprint density at radius 3 is 2.62 bits per heavy atom. The minimum Gasteiger partial charge on any atom is -0.507 e. The largest absolute Gasteiger partial charge is 0.507 e. The number of aryl methyl sites for hydroxylation is 1. The third kappa shape index (κ3) is 2.50. The van der Waals surface area contributed by atoms with E-state index in [-0.39, 0.29) is 5.75 Å². The van der Waals surface area contributed by atoms with Crippen molar-refractivity contribution in [2.45, 2.75) is 19.3 Å². The Morgan fingerprint density at radius 1 is 1.00 bits per heavy atom. The van der Waals surface area contributed by atoms with Gasteiger partial charge in [0.05, 0.1) is 12.8 Å². The molecule has 4 nitrogen and oxygen atoms in total. The summed E-state index contributed by atoms with van der Waals surface area (Å²) in [6, 6.07) is 15.2. The Balaban J connectivity index is 1.94. The molecule has 0 bridgehead atoms. The van der Waals surface area contributed by atoms with Crippen LogP contribution in [-0.4, -0.2) is 22.2 Å². The lowest BCUT2D eigenvalue weighted by molar-refractivity contribution is 0.412. The van der Waals surface area contributed by atoms with Gasteiger partial charge in [-0.15, -0.1) is 0 Å². The molecular formula is C20H18N2O2. The van der Waals surface area contributed by atoms with Gasteiger partial charge in [-0.05, 0) is 37.5 Å². The van der Waals surface area contributed by atoms with Crippen molar-refractivity contribution in [3.05, 3.63) is 59.8 Å². The van der Waals surface area contributed by atoms with Crippen molar-refractivity contribution < 1.29 is 9.84 Å². The molecule has 0 amide bonds. The molecule has 1 aliphatic carbocycles. The van der Waals surface area contributed by atoms with Crippen molar-refractivity contribution in [1.29, 1.82) is 0 Å². The van der Waals surface area contributed by atoms with E-state index in [2.05, 4.69) is 0 Å². The first-order valence-electron chi connectivity index (χ1n) is 8.09. The van der Waals surface area contributed by atoms with Crippen molar-refractivity contribution in [3.63, 3.8) is 0 Å². The number of hydrogen-bond acceptors (Lipinski definition) is 4. The molecule has 0 saturated carbocycles. The fraction of sp³-hybridized carbons (Fsp3) is 0.200. The highest BCUT2D eigenvalue weighted by molar-refractivity contribution is 5.74. The predicted octanol–water partition coefficient (Wildman–Crippen LogP) is 4.01. The van der Waals surface area contributed by atoms with Gasteiger partial charge in [-0.25, -0.2) is 9.97 Å². The van der Waals surface area contributed by atoms with Gasteiger partial charge >= 0.3 is 0 Å². The number of benzene rings is 2. The van der Waals surface area contributed by atoms with E-state index < -0.39 is 0 Å². The van der Waals surface area contributed by atoms with Gasteiger partial charge in [-0.2, -0.15) is 0 Å². The summed E-state index contributed by atoms with van der Waals surface area (Å²) in [7, 11) is 1.62. The minimum absolute atomic E-state index is 0.211. The molecule has 1 aliphatic rings. The van der Waals surface area contributed by atoms with Crippen LogP contribution in [0.2, 0.25) is 0 Å². The highest BCUT2D eigenvalue weighted by Gasteiger charge is 2.22. The zero-order valence-electron chi connectivity index (χ0n) is 13.5. The van der Waals surface area contributed by atoms with Gasteiger partial charge in [0, 0.05) is 22.4 Å². The molecule has 0 aliphatic heterocycles. The maximum atomic E-state index is 10.4. The summed E-state index contributed by atoms with van der Waals surface area (Å²) in [6.45, 7) is 0. The molecule has 120 valence electrons. The van der Waals surface area contributed by atoms with Crippen LogP contribution >= 0.6 is 0 Å². The van der Waals surface area contributed by atoms with Crippen LogP contribution in [0.3, 0.4) is 0 Å². The molecule has 0 atom stereocenters. The van der Waals surface area contributed by atoms with Gasteiger partial charge < -0.3 is 9.84 Å². The van der Waals surface area contributed by atoms with E-state index in [1.54, 1.807) is 19.2 Å². The number of aromatic nitrogens is 2. The number of nitrogens with zero attached hydrogens (tertiary/aromatic N) is 2. The zero-order chi connectivity index (χ0) is 16.5. The van der Waals surface area contributed by atoms with E-state index in [1.807, 2.05) is 36.4 Å². The summed E-state index contributed by atoms with van der Waals surface area (Å²) in [5, 5.41) is 10.4. The Kier molecular flexibility index (Phi) is 3.65. The maximum absolute atomic E-state index is 10.4. The second-order valence-electron chi connectivity index (χ2n) is 5.92. The van der Waals surface area contributed by atoms with Gasteiger partial charge in [0.25, 0.3) is 0 Å². The quantitative estimate of drug-likeness (QED) is 0.792. The van der Waals surface area contributed by atoms with Crippen LogP contribution in [0, 0.1) is 0 Å². The normalized spacial score (nSPS) is 12.9. The fourth-order valence-corrected chi connectivity index (χ4v) is 3.20. The van der Waals surface area contributed by atoms with Gasteiger partial charge in [0.15, 0.2) is 5.82 Å². The summed E-state index contributed by atoms with van der Waals surface area (Å²) in [6.07, 6.45) is 2.96. The molecule has 4 heteroatoms. The summed E-state index contributed by atoms with van der Waals surface area (Å²) >= 11 is 0. The number of methoxy groups -OCH3 is 1.